The summed E-state index contributed by atoms with van der Waals surface area (Å²) < 4.78 is 0. The summed E-state index contributed by atoms with van der Waals surface area (Å²) in [6.07, 6.45) is 11.4. The smallest absolute Gasteiger partial charge is 0.220 e. The van der Waals surface area contributed by atoms with Gasteiger partial charge >= 0.3 is 0 Å². The van der Waals surface area contributed by atoms with Crippen LogP contribution in [0.4, 0.5) is 0 Å². The number of amides is 1. The van der Waals surface area contributed by atoms with Crippen molar-refractivity contribution >= 4 is 5.91 Å². The molecule has 0 spiro atoms. The summed E-state index contributed by atoms with van der Waals surface area (Å²) in [6, 6.07) is 0. The van der Waals surface area contributed by atoms with Gasteiger partial charge in [-0.2, -0.15) is 0 Å². The van der Waals surface area contributed by atoms with E-state index in [0.717, 1.165) is 25.6 Å². The standard InChI is InChI=1S/C17H32N2O/c1-14(16-8-5-10-18-13-16)12-17(20)19-11-9-15-6-3-2-4-7-15/h14-16,18H,2-13H2,1H3,(H,19,20). The Morgan fingerprint density at radius 1 is 1.20 bits per heavy atom. The molecule has 116 valence electrons. The fraction of sp³-hybridized carbons (Fsp3) is 0.941. The second-order valence-electron chi connectivity index (χ2n) is 6.93. The molecule has 1 amide bonds. The number of carbonyl (C=O) groups is 1. The van der Waals surface area contributed by atoms with Crippen LogP contribution in [0.3, 0.4) is 0 Å². The molecule has 3 heteroatoms. The molecule has 1 heterocycles. The van der Waals surface area contributed by atoms with Crippen molar-refractivity contribution < 1.29 is 4.79 Å². The second kappa shape index (κ2) is 8.66. The van der Waals surface area contributed by atoms with Crippen molar-refractivity contribution in [3.63, 3.8) is 0 Å². The van der Waals surface area contributed by atoms with Gasteiger partial charge in [0.05, 0.1) is 0 Å². The molecule has 0 aromatic heterocycles. The summed E-state index contributed by atoms with van der Waals surface area (Å²) in [5.74, 6) is 2.33. The minimum atomic E-state index is 0.263. The lowest BCUT2D eigenvalue weighted by molar-refractivity contribution is -0.122. The first-order valence-corrected chi connectivity index (χ1v) is 8.73. The Labute approximate surface area is 124 Å². The molecule has 0 aromatic rings. The zero-order valence-electron chi connectivity index (χ0n) is 13.1. The van der Waals surface area contributed by atoms with E-state index in [-0.39, 0.29) is 5.91 Å². The van der Waals surface area contributed by atoms with Crippen molar-refractivity contribution in [3.05, 3.63) is 0 Å². The van der Waals surface area contributed by atoms with E-state index in [1.807, 2.05) is 0 Å². The predicted molar refractivity (Wildman–Crippen MR) is 83.6 cm³/mol. The van der Waals surface area contributed by atoms with Gasteiger partial charge in [0.1, 0.15) is 0 Å². The van der Waals surface area contributed by atoms with Crippen molar-refractivity contribution in [3.8, 4) is 0 Å². The van der Waals surface area contributed by atoms with Gasteiger partial charge in [0.2, 0.25) is 5.91 Å². The van der Waals surface area contributed by atoms with E-state index >= 15 is 0 Å². The van der Waals surface area contributed by atoms with E-state index in [1.54, 1.807) is 0 Å². The lowest BCUT2D eigenvalue weighted by Gasteiger charge is -2.28. The quantitative estimate of drug-likeness (QED) is 0.785. The third kappa shape index (κ3) is 5.43. The number of nitrogens with one attached hydrogen (secondary N) is 2. The van der Waals surface area contributed by atoms with Gasteiger partial charge < -0.3 is 10.6 Å². The van der Waals surface area contributed by atoms with E-state index in [2.05, 4.69) is 17.6 Å². The van der Waals surface area contributed by atoms with Crippen molar-refractivity contribution in [2.45, 2.75) is 64.7 Å². The van der Waals surface area contributed by atoms with Gasteiger partial charge in [-0.15, -0.1) is 0 Å². The van der Waals surface area contributed by atoms with Gasteiger partial charge in [0.15, 0.2) is 0 Å². The monoisotopic (exact) mass is 280 g/mol. The number of hydrogen-bond acceptors (Lipinski definition) is 2. The number of rotatable bonds is 6. The molecule has 2 aliphatic rings. The fourth-order valence-electron chi connectivity index (χ4n) is 3.79. The van der Waals surface area contributed by atoms with Crippen LogP contribution < -0.4 is 10.6 Å². The van der Waals surface area contributed by atoms with E-state index < -0.39 is 0 Å². The summed E-state index contributed by atoms with van der Waals surface area (Å²) in [7, 11) is 0. The highest BCUT2D eigenvalue weighted by Crippen LogP contribution is 2.26. The first-order valence-electron chi connectivity index (χ1n) is 8.73. The normalized spacial score (nSPS) is 26.1. The van der Waals surface area contributed by atoms with Crippen LogP contribution in [0.2, 0.25) is 0 Å². The Bertz CT molecular complexity index is 281. The summed E-state index contributed by atoms with van der Waals surface area (Å²) in [5.41, 5.74) is 0. The van der Waals surface area contributed by atoms with E-state index in [4.69, 9.17) is 0 Å². The van der Waals surface area contributed by atoms with Crippen LogP contribution in [-0.4, -0.2) is 25.5 Å². The van der Waals surface area contributed by atoms with Gasteiger partial charge in [-0.25, -0.2) is 0 Å². The largest absolute Gasteiger partial charge is 0.356 e. The van der Waals surface area contributed by atoms with Crippen molar-refractivity contribution in [2.75, 3.05) is 19.6 Å². The van der Waals surface area contributed by atoms with Crippen molar-refractivity contribution in [2.24, 2.45) is 17.8 Å². The first-order chi connectivity index (χ1) is 9.75. The summed E-state index contributed by atoms with van der Waals surface area (Å²) in [4.78, 5) is 12.0. The SMILES string of the molecule is CC(CC(=O)NCCC1CCCCC1)C1CCCNC1. The van der Waals surface area contributed by atoms with E-state index in [9.17, 15) is 4.79 Å². The second-order valence-corrected chi connectivity index (χ2v) is 6.93. The predicted octanol–water partition coefficient (Wildman–Crippen LogP) is 3.10. The minimum Gasteiger partial charge on any atom is -0.356 e. The van der Waals surface area contributed by atoms with E-state index in [1.165, 1.54) is 51.4 Å². The van der Waals surface area contributed by atoms with Crippen LogP contribution >= 0.6 is 0 Å². The topological polar surface area (TPSA) is 41.1 Å². The molecule has 2 rings (SSSR count). The molecule has 0 aromatic carbocycles. The van der Waals surface area contributed by atoms with Crippen LogP contribution in [0.25, 0.3) is 0 Å². The Morgan fingerprint density at radius 2 is 2.00 bits per heavy atom. The molecular weight excluding hydrogens is 248 g/mol. The molecule has 20 heavy (non-hydrogen) atoms. The number of hydrogen-bond donors (Lipinski definition) is 2. The molecule has 1 saturated carbocycles. The van der Waals surface area contributed by atoms with Gasteiger partial charge in [-0.1, -0.05) is 39.0 Å². The van der Waals surface area contributed by atoms with Crippen molar-refractivity contribution in [1.29, 1.82) is 0 Å². The van der Waals surface area contributed by atoms with Gasteiger partial charge in [0, 0.05) is 13.0 Å². The third-order valence-electron chi connectivity index (χ3n) is 5.25. The highest BCUT2D eigenvalue weighted by atomic mass is 16.1. The maximum absolute atomic E-state index is 12.0. The fourth-order valence-corrected chi connectivity index (χ4v) is 3.79. The van der Waals surface area contributed by atoms with Gasteiger partial charge in [0.25, 0.3) is 0 Å². The maximum Gasteiger partial charge on any atom is 0.220 e. The zero-order valence-corrected chi connectivity index (χ0v) is 13.1. The molecule has 3 nitrogen and oxygen atoms in total. The van der Waals surface area contributed by atoms with Crippen LogP contribution in [-0.2, 0) is 4.79 Å². The zero-order chi connectivity index (χ0) is 14.2. The molecule has 1 aliphatic heterocycles. The van der Waals surface area contributed by atoms with Crippen LogP contribution in [0.5, 0.6) is 0 Å². The summed E-state index contributed by atoms with van der Waals surface area (Å²) >= 11 is 0. The maximum atomic E-state index is 12.0. The van der Waals surface area contributed by atoms with Crippen LogP contribution in [0.1, 0.15) is 64.7 Å². The first kappa shape index (κ1) is 15.8. The Kier molecular flexibility index (Phi) is 6.85. The summed E-state index contributed by atoms with van der Waals surface area (Å²) in [5, 5.41) is 6.58. The van der Waals surface area contributed by atoms with Gasteiger partial charge in [-0.05, 0) is 50.1 Å². The number of piperidine rings is 1. The molecule has 1 saturated heterocycles. The Hall–Kier alpha value is -0.570. The molecule has 2 unspecified atom stereocenters. The summed E-state index contributed by atoms with van der Waals surface area (Å²) in [6.45, 7) is 5.37. The Morgan fingerprint density at radius 3 is 2.70 bits per heavy atom. The molecule has 0 bridgehead atoms. The number of carbonyl (C=O) groups excluding carboxylic acids is 1. The molecule has 2 atom stereocenters. The van der Waals surface area contributed by atoms with Crippen LogP contribution in [0.15, 0.2) is 0 Å². The average molecular weight is 280 g/mol. The van der Waals surface area contributed by atoms with Crippen molar-refractivity contribution in [1.82, 2.24) is 10.6 Å². The molecular formula is C17H32N2O. The Balaban J connectivity index is 1.57. The van der Waals surface area contributed by atoms with Crippen LogP contribution in [0, 0.1) is 17.8 Å². The molecule has 2 N–H and O–H groups in total. The third-order valence-corrected chi connectivity index (χ3v) is 5.25. The molecule has 2 fully saturated rings. The molecule has 0 radical (unpaired) electrons. The lowest BCUT2D eigenvalue weighted by atomic mass is 9.85. The minimum absolute atomic E-state index is 0.263. The average Bonchev–Trinajstić information content (AvgIpc) is 2.49. The highest BCUT2D eigenvalue weighted by molar-refractivity contribution is 5.76. The highest BCUT2D eigenvalue weighted by Gasteiger charge is 2.22. The van der Waals surface area contributed by atoms with Gasteiger partial charge in [-0.3, -0.25) is 4.79 Å². The molecule has 1 aliphatic carbocycles. The van der Waals surface area contributed by atoms with E-state index in [0.29, 0.717) is 18.3 Å². The lowest BCUT2D eigenvalue weighted by Crippen LogP contribution is -2.36.